The Morgan fingerprint density at radius 3 is 2.00 bits per heavy atom. The number of aryl methyl sites for hydroxylation is 2. The number of nitrogens with zero attached hydrogens (tertiary/aromatic N) is 2. The molecule has 0 saturated carbocycles. The molecule has 2 amide bonds. The molecule has 0 aromatic heterocycles. The molecule has 3 aromatic rings. The second-order valence-electron chi connectivity index (χ2n) is 11.3. The minimum absolute atomic E-state index is 0.0736. The summed E-state index contributed by atoms with van der Waals surface area (Å²) >= 11 is 0. The lowest BCUT2D eigenvalue weighted by molar-refractivity contribution is -0.140. The van der Waals surface area contributed by atoms with Crippen molar-refractivity contribution in [1.82, 2.24) is 10.2 Å². The van der Waals surface area contributed by atoms with E-state index in [1.165, 1.54) is 37.3 Å². The van der Waals surface area contributed by atoms with Crippen molar-refractivity contribution >= 4 is 27.5 Å². The van der Waals surface area contributed by atoms with Gasteiger partial charge in [0, 0.05) is 19.2 Å². The third-order valence-electron chi connectivity index (χ3n) is 7.30. The molecule has 0 aliphatic rings. The summed E-state index contributed by atoms with van der Waals surface area (Å²) in [5, 5.41) is 2.94. The fourth-order valence-corrected chi connectivity index (χ4v) is 6.41. The normalized spacial score (nSPS) is 11.9. The zero-order valence-electron chi connectivity index (χ0n) is 27.4. The molecule has 0 saturated heterocycles. The first-order valence-corrected chi connectivity index (χ1v) is 16.3. The van der Waals surface area contributed by atoms with Crippen molar-refractivity contribution in [3.8, 4) is 17.2 Å². The van der Waals surface area contributed by atoms with E-state index in [9.17, 15) is 18.0 Å². The maximum absolute atomic E-state index is 14.3. The molecule has 1 N–H and O–H groups in total. The summed E-state index contributed by atoms with van der Waals surface area (Å²) in [6.07, 6.45) is 0.331. The summed E-state index contributed by atoms with van der Waals surface area (Å²) in [5.74, 6) is 0.646. The van der Waals surface area contributed by atoms with Crippen molar-refractivity contribution in [3.63, 3.8) is 0 Å². The Kier molecular flexibility index (Phi) is 12.3. The van der Waals surface area contributed by atoms with Gasteiger partial charge in [0.05, 0.1) is 31.9 Å². The number of hydrogen-bond acceptors (Lipinski definition) is 7. The van der Waals surface area contributed by atoms with Crippen LogP contribution in [0.4, 0.5) is 5.69 Å². The highest BCUT2D eigenvalue weighted by Gasteiger charge is 2.34. The monoisotopic (exact) mass is 639 g/mol. The zero-order valence-corrected chi connectivity index (χ0v) is 28.2. The van der Waals surface area contributed by atoms with Crippen LogP contribution in [-0.2, 0) is 26.2 Å². The third kappa shape index (κ3) is 8.91. The van der Waals surface area contributed by atoms with E-state index in [1.54, 1.807) is 31.4 Å². The van der Waals surface area contributed by atoms with Gasteiger partial charge < -0.3 is 24.4 Å². The average molecular weight is 640 g/mol. The molecule has 10 nitrogen and oxygen atoms in total. The average Bonchev–Trinajstić information content (AvgIpc) is 3.01. The minimum Gasteiger partial charge on any atom is -0.497 e. The maximum Gasteiger partial charge on any atom is 0.264 e. The number of carbonyl (C=O) groups excluding carboxylic acids is 2. The number of anilines is 1. The summed E-state index contributed by atoms with van der Waals surface area (Å²) in [5.41, 5.74) is 2.76. The summed E-state index contributed by atoms with van der Waals surface area (Å²) in [6.45, 7) is 9.53. The molecule has 45 heavy (non-hydrogen) atoms. The number of methoxy groups -OCH3 is 3. The van der Waals surface area contributed by atoms with Crippen LogP contribution in [-0.4, -0.2) is 65.6 Å². The van der Waals surface area contributed by atoms with Crippen LogP contribution in [0.5, 0.6) is 17.2 Å². The van der Waals surface area contributed by atoms with E-state index in [0.29, 0.717) is 30.2 Å². The Labute approximate surface area is 267 Å². The van der Waals surface area contributed by atoms with E-state index in [1.807, 2.05) is 52.8 Å². The van der Waals surface area contributed by atoms with Crippen LogP contribution in [0.2, 0.25) is 0 Å². The van der Waals surface area contributed by atoms with Gasteiger partial charge >= 0.3 is 0 Å². The molecule has 0 fully saturated rings. The molecule has 0 spiro atoms. The first-order valence-electron chi connectivity index (χ1n) is 14.9. The van der Waals surface area contributed by atoms with Gasteiger partial charge in [-0.1, -0.05) is 39.0 Å². The van der Waals surface area contributed by atoms with E-state index in [4.69, 9.17) is 14.2 Å². The van der Waals surface area contributed by atoms with Gasteiger partial charge in [-0.05, 0) is 79.3 Å². The van der Waals surface area contributed by atoms with Gasteiger partial charge in [-0.25, -0.2) is 8.42 Å². The molecule has 0 bridgehead atoms. The molecule has 244 valence electrons. The molecule has 1 unspecified atom stereocenters. The minimum atomic E-state index is -4.30. The van der Waals surface area contributed by atoms with Gasteiger partial charge in [0.15, 0.2) is 11.5 Å². The van der Waals surface area contributed by atoms with Gasteiger partial charge in [-0.15, -0.1) is 0 Å². The van der Waals surface area contributed by atoms with E-state index in [0.717, 1.165) is 21.0 Å². The quantitative estimate of drug-likeness (QED) is 0.246. The van der Waals surface area contributed by atoms with Gasteiger partial charge in [-0.3, -0.25) is 13.9 Å². The van der Waals surface area contributed by atoms with E-state index in [2.05, 4.69) is 5.32 Å². The summed E-state index contributed by atoms with van der Waals surface area (Å²) in [7, 11) is 0.156. The predicted molar refractivity (Wildman–Crippen MR) is 175 cm³/mol. The highest BCUT2D eigenvalue weighted by molar-refractivity contribution is 7.92. The van der Waals surface area contributed by atoms with Crippen molar-refractivity contribution in [2.75, 3.05) is 38.7 Å². The summed E-state index contributed by atoms with van der Waals surface area (Å²) in [4.78, 5) is 29.1. The Morgan fingerprint density at radius 1 is 0.844 bits per heavy atom. The summed E-state index contributed by atoms with van der Waals surface area (Å²) < 4.78 is 45.7. The predicted octanol–water partition coefficient (Wildman–Crippen LogP) is 5.10. The van der Waals surface area contributed by atoms with E-state index < -0.39 is 28.5 Å². The van der Waals surface area contributed by atoms with Crippen molar-refractivity contribution < 1.29 is 32.2 Å². The standard InChI is InChI=1S/C34H45N3O7S/c1-9-30(34(39)35-20-23(2)3)36(21-26-10-12-28(42-6)13-11-26)33(38)22-37(27-17-24(4)16-25(5)18-27)45(40,41)29-14-15-31(43-7)32(19-29)44-8/h10-19,23,30H,9,20-22H2,1-8H3,(H,35,39). The highest BCUT2D eigenvalue weighted by Crippen LogP contribution is 2.33. The number of ether oxygens (including phenoxy) is 3. The number of benzene rings is 3. The Morgan fingerprint density at radius 2 is 1.47 bits per heavy atom. The molecule has 3 aromatic carbocycles. The Balaban J connectivity index is 2.12. The van der Waals surface area contributed by atoms with Crippen LogP contribution < -0.4 is 23.8 Å². The smallest absolute Gasteiger partial charge is 0.264 e. The lowest BCUT2D eigenvalue weighted by Crippen LogP contribution is -2.52. The van der Waals surface area contributed by atoms with Crippen LogP contribution in [0, 0.1) is 19.8 Å². The molecule has 0 aliphatic carbocycles. The van der Waals surface area contributed by atoms with Crippen molar-refractivity contribution in [1.29, 1.82) is 0 Å². The third-order valence-corrected chi connectivity index (χ3v) is 9.07. The van der Waals surface area contributed by atoms with Crippen molar-refractivity contribution in [3.05, 3.63) is 77.4 Å². The lowest BCUT2D eigenvalue weighted by atomic mass is 10.1. The van der Waals surface area contributed by atoms with Crippen LogP contribution in [0.3, 0.4) is 0 Å². The zero-order chi connectivity index (χ0) is 33.3. The lowest BCUT2D eigenvalue weighted by Gasteiger charge is -2.33. The number of sulfonamides is 1. The number of hydrogen-bond donors (Lipinski definition) is 1. The number of nitrogens with one attached hydrogen (secondary N) is 1. The first-order chi connectivity index (χ1) is 21.3. The Bertz CT molecular complexity index is 1550. The fourth-order valence-electron chi connectivity index (χ4n) is 5.00. The van der Waals surface area contributed by atoms with Gasteiger partial charge in [0.25, 0.3) is 10.0 Å². The Hall–Kier alpha value is -4.25. The maximum atomic E-state index is 14.3. The molecule has 0 radical (unpaired) electrons. The summed E-state index contributed by atoms with van der Waals surface area (Å²) in [6, 6.07) is 16.0. The van der Waals surface area contributed by atoms with Crippen LogP contribution in [0.25, 0.3) is 0 Å². The van der Waals surface area contributed by atoms with Gasteiger partial charge in [0.2, 0.25) is 11.8 Å². The SMILES string of the molecule is CCC(C(=O)NCC(C)C)N(Cc1ccc(OC)cc1)C(=O)CN(c1cc(C)cc(C)c1)S(=O)(=O)c1ccc(OC)c(OC)c1. The van der Waals surface area contributed by atoms with Crippen molar-refractivity contribution in [2.24, 2.45) is 5.92 Å². The van der Waals surface area contributed by atoms with Gasteiger partial charge in [-0.2, -0.15) is 0 Å². The molecule has 11 heteroatoms. The second kappa shape index (κ2) is 15.7. The molecule has 3 rings (SSSR count). The fraction of sp³-hybridized carbons (Fsp3) is 0.412. The van der Waals surface area contributed by atoms with Crippen molar-refractivity contribution in [2.45, 2.75) is 58.5 Å². The molecule has 0 aliphatic heterocycles. The molecular weight excluding hydrogens is 594 g/mol. The van der Waals surface area contributed by atoms with Crippen LogP contribution in [0.15, 0.2) is 65.6 Å². The molecule has 0 heterocycles. The second-order valence-corrected chi connectivity index (χ2v) is 13.2. The highest BCUT2D eigenvalue weighted by atomic mass is 32.2. The molecule has 1 atom stereocenters. The van der Waals surface area contributed by atoms with E-state index >= 15 is 0 Å². The number of amides is 2. The van der Waals surface area contributed by atoms with E-state index in [-0.39, 0.29) is 29.0 Å². The topological polar surface area (TPSA) is 114 Å². The number of rotatable bonds is 15. The van der Waals surface area contributed by atoms with Crippen LogP contribution in [0.1, 0.15) is 43.9 Å². The van der Waals surface area contributed by atoms with Gasteiger partial charge in [0.1, 0.15) is 18.3 Å². The first kappa shape index (κ1) is 35.2. The van der Waals surface area contributed by atoms with Crippen LogP contribution >= 0.6 is 0 Å². The largest absolute Gasteiger partial charge is 0.497 e. The molecular formula is C34H45N3O7S. The number of carbonyl (C=O) groups is 2.